The summed E-state index contributed by atoms with van der Waals surface area (Å²) in [5.74, 6) is 0.0330. The molecule has 20 heavy (non-hydrogen) atoms. The predicted molar refractivity (Wildman–Crippen MR) is 69.5 cm³/mol. The fourth-order valence-electron chi connectivity index (χ4n) is 3.17. The first kappa shape index (κ1) is 12.1. The molecule has 1 aromatic heterocycles. The Bertz CT molecular complexity index is 584. The molecule has 0 aromatic carbocycles. The van der Waals surface area contributed by atoms with Gasteiger partial charge >= 0.3 is 0 Å². The molecular formula is C12H17N5O3. The molecule has 3 aliphatic heterocycles. The van der Waals surface area contributed by atoms with Gasteiger partial charge in [-0.05, 0) is 13.8 Å². The Kier molecular flexibility index (Phi) is 2.25. The number of rotatable bonds is 1. The number of nitrogen functional groups attached to an aromatic ring is 1. The van der Waals surface area contributed by atoms with Crippen LogP contribution < -0.4 is 11.1 Å². The number of nitrogens with two attached hydrogens (primary N) is 1. The van der Waals surface area contributed by atoms with Crippen molar-refractivity contribution in [2.45, 2.75) is 44.2 Å². The maximum Gasteiger partial charge on any atom is 0.166 e. The first-order chi connectivity index (χ1) is 9.46. The van der Waals surface area contributed by atoms with Gasteiger partial charge in [-0.25, -0.2) is 4.98 Å². The minimum Gasteiger partial charge on any atom is -0.382 e. The number of hydrogen-bond donors (Lipinski definition) is 3. The number of nitrogens with zero attached hydrogens (tertiary/aromatic N) is 2. The molecule has 1 unspecified atom stereocenters. The molecule has 0 amide bonds. The van der Waals surface area contributed by atoms with Crippen molar-refractivity contribution < 1.29 is 14.2 Å². The maximum absolute atomic E-state index is 7.57. The Balaban J connectivity index is 1.76. The summed E-state index contributed by atoms with van der Waals surface area (Å²) in [6.45, 7) is 4.38. The van der Waals surface area contributed by atoms with Gasteiger partial charge in [-0.15, -0.1) is 0 Å². The van der Waals surface area contributed by atoms with Crippen LogP contribution in [0.3, 0.4) is 0 Å². The molecule has 8 heteroatoms. The van der Waals surface area contributed by atoms with Gasteiger partial charge in [0.25, 0.3) is 0 Å². The van der Waals surface area contributed by atoms with Crippen LogP contribution in [0.25, 0.3) is 0 Å². The minimum absolute atomic E-state index is 0.0653. The first-order valence-corrected chi connectivity index (χ1v) is 6.62. The minimum atomic E-state index is -0.607. The van der Waals surface area contributed by atoms with Crippen LogP contribution in [-0.2, 0) is 14.2 Å². The van der Waals surface area contributed by atoms with E-state index < -0.39 is 5.79 Å². The van der Waals surface area contributed by atoms with Crippen LogP contribution in [0.5, 0.6) is 0 Å². The number of anilines is 1. The number of aromatic nitrogens is 2. The van der Waals surface area contributed by atoms with E-state index in [-0.39, 0.29) is 30.4 Å². The summed E-state index contributed by atoms with van der Waals surface area (Å²) in [6.07, 6.45) is 0.955. The second-order valence-electron chi connectivity index (χ2n) is 5.77. The third-order valence-electron chi connectivity index (χ3n) is 3.92. The zero-order chi connectivity index (χ0) is 14.1. The van der Waals surface area contributed by atoms with Crippen LogP contribution in [-0.4, -0.2) is 46.0 Å². The zero-order valence-electron chi connectivity index (χ0n) is 11.3. The molecule has 0 saturated carbocycles. The smallest absolute Gasteiger partial charge is 0.166 e. The van der Waals surface area contributed by atoms with Crippen LogP contribution in [0.2, 0.25) is 0 Å². The largest absolute Gasteiger partial charge is 0.382 e. The van der Waals surface area contributed by atoms with E-state index in [2.05, 4.69) is 10.3 Å². The summed E-state index contributed by atoms with van der Waals surface area (Å²) in [6, 6.07) is 0. The van der Waals surface area contributed by atoms with Gasteiger partial charge in [-0.3, -0.25) is 9.98 Å². The van der Waals surface area contributed by atoms with Crippen molar-refractivity contribution in [2.75, 3.05) is 11.9 Å². The lowest BCUT2D eigenvalue weighted by Gasteiger charge is -2.23. The highest BCUT2D eigenvalue weighted by molar-refractivity contribution is 5.97. The summed E-state index contributed by atoms with van der Waals surface area (Å²) in [7, 11) is 0. The Morgan fingerprint density at radius 3 is 3.00 bits per heavy atom. The van der Waals surface area contributed by atoms with Gasteiger partial charge in [-0.2, -0.15) is 0 Å². The summed E-state index contributed by atoms with van der Waals surface area (Å²) in [5, 5.41) is 10.8. The summed E-state index contributed by atoms with van der Waals surface area (Å²) < 4.78 is 19.7. The van der Waals surface area contributed by atoms with Crippen LogP contribution in [0.4, 0.5) is 5.82 Å². The number of imidazole rings is 1. The Morgan fingerprint density at radius 2 is 2.25 bits per heavy atom. The quantitative estimate of drug-likeness (QED) is 0.494. The van der Waals surface area contributed by atoms with Crippen molar-refractivity contribution in [1.29, 1.82) is 5.41 Å². The van der Waals surface area contributed by atoms with Crippen molar-refractivity contribution in [2.24, 2.45) is 5.73 Å². The molecule has 4 rings (SSSR count). The Morgan fingerprint density at radius 1 is 1.50 bits per heavy atom. The average Bonchev–Trinajstić information content (AvgIpc) is 2.94. The van der Waals surface area contributed by atoms with Crippen LogP contribution in [0.15, 0.2) is 6.33 Å². The lowest BCUT2D eigenvalue weighted by Crippen LogP contribution is -2.36. The molecule has 2 saturated heterocycles. The number of fused-ring (bicyclic) bond motifs is 7. The van der Waals surface area contributed by atoms with Crippen molar-refractivity contribution in [3.05, 3.63) is 12.0 Å². The molecule has 3 aliphatic rings. The topological polar surface area (TPSA) is 107 Å². The number of ether oxygens (including phenoxy) is 3. The molecule has 2 bridgehead atoms. The van der Waals surface area contributed by atoms with E-state index in [1.54, 1.807) is 6.33 Å². The van der Waals surface area contributed by atoms with E-state index in [0.717, 1.165) is 0 Å². The predicted octanol–water partition coefficient (Wildman–Crippen LogP) is 0.0102. The van der Waals surface area contributed by atoms with Crippen molar-refractivity contribution in [3.8, 4) is 0 Å². The first-order valence-electron chi connectivity index (χ1n) is 6.62. The Labute approximate surface area is 115 Å². The fraction of sp³-hybridized carbons (Fsp3) is 0.667. The van der Waals surface area contributed by atoms with E-state index in [4.69, 9.17) is 25.4 Å². The van der Waals surface area contributed by atoms with Gasteiger partial charge in [0.2, 0.25) is 0 Å². The van der Waals surface area contributed by atoms with Crippen LogP contribution in [0.1, 0.15) is 25.8 Å². The highest BCUT2D eigenvalue weighted by atomic mass is 16.8. The van der Waals surface area contributed by atoms with Crippen LogP contribution in [0, 0.1) is 5.41 Å². The molecule has 2 fully saturated rings. The van der Waals surface area contributed by atoms with Crippen molar-refractivity contribution in [1.82, 2.24) is 9.55 Å². The van der Waals surface area contributed by atoms with E-state index >= 15 is 0 Å². The lowest BCUT2D eigenvalue weighted by atomic mass is 10.1. The molecule has 0 radical (unpaired) electrons. The van der Waals surface area contributed by atoms with Crippen LogP contribution >= 0.6 is 0 Å². The molecule has 4 N–H and O–H groups in total. The van der Waals surface area contributed by atoms with E-state index in [0.29, 0.717) is 18.1 Å². The monoisotopic (exact) mass is 279 g/mol. The molecule has 108 valence electrons. The van der Waals surface area contributed by atoms with E-state index in [9.17, 15) is 0 Å². The van der Waals surface area contributed by atoms with Crippen molar-refractivity contribution >= 4 is 11.7 Å². The van der Waals surface area contributed by atoms with Gasteiger partial charge in [0.05, 0.1) is 6.33 Å². The second-order valence-corrected chi connectivity index (χ2v) is 5.77. The molecule has 8 nitrogen and oxygen atoms in total. The fourth-order valence-corrected chi connectivity index (χ4v) is 3.17. The lowest BCUT2D eigenvalue weighted by molar-refractivity contribution is -0.193. The summed E-state index contributed by atoms with van der Waals surface area (Å²) in [5.41, 5.74) is 5.99. The number of amidine groups is 1. The molecule has 0 spiro atoms. The van der Waals surface area contributed by atoms with Crippen molar-refractivity contribution in [3.63, 3.8) is 0 Å². The highest BCUT2D eigenvalue weighted by Crippen LogP contribution is 2.45. The maximum atomic E-state index is 7.57. The third-order valence-corrected chi connectivity index (χ3v) is 3.92. The molecule has 0 aliphatic carbocycles. The van der Waals surface area contributed by atoms with E-state index in [1.807, 2.05) is 18.4 Å². The summed E-state index contributed by atoms with van der Waals surface area (Å²) in [4.78, 5) is 4.18. The third kappa shape index (κ3) is 1.52. The SMILES string of the molecule is CC1(C)OC2[C@@H](O1)[C@H]1CNc3c(C(=N)N)ncn3[C@@H]2O1. The second kappa shape index (κ2) is 3.72. The zero-order valence-corrected chi connectivity index (χ0v) is 11.3. The van der Waals surface area contributed by atoms with Gasteiger partial charge in [0.15, 0.2) is 12.0 Å². The molecular weight excluding hydrogens is 262 g/mol. The van der Waals surface area contributed by atoms with Gasteiger partial charge in [0.1, 0.15) is 35.7 Å². The molecule has 4 atom stereocenters. The van der Waals surface area contributed by atoms with Gasteiger partial charge in [0, 0.05) is 6.54 Å². The number of hydrogen-bond acceptors (Lipinski definition) is 6. The normalized spacial score (nSPS) is 36.9. The molecule has 4 heterocycles. The summed E-state index contributed by atoms with van der Waals surface area (Å²) >= 11 is 0. The van der Waals surface area contributed by atoms with E-state index in [1.165, 1.54) is 0 Å². The highest BCUT2D eigenvalue weighted by Gasteiger charge is 2.57. The Hall–Kier alpha value is -1.64. The van der Waals surface area contributed by atoms with Gasteiger partial charge in [-0.1, -0.05) is 0 Å². The standard InChI is InChI=1S/C12H17N5O3/c1-12(2)19-7-5-3-15-10-6(9(13)14)16-4-17(10)11(18-5)8(7)20-12/h4-5,7-8,11,15H,3H2,1-2H3,(H3,13,14)/t5-,7+,8?,11-/m1/s1. The molecule has 1 aromatic rings. The number of nitrogens with one attached hydrogen (secondary N) is 2. The average molecular weight is 279 g/mol. The van der Waals surface area contributed by atoms with Gasteiger partial charge < -0.3 is 25.3 Å².